The summed E-state index contributed by atoms with van der Waals surface area (Å²) < 4.78 is 19.6. The zero-order chi connectivity index (χ0) is 20.6. The summed E-state index contributed by atoms with van der Waals surface area (Å²) in [6, 6.07) is 7.81. The molecule has 1 aromatic heterocycles. The Morgan fingerprint density at radius 3 is 2.45 bits per heavy atom. The molecule has 3 atom stereocenters. The number of hydrogen-bond acceptors (Lipinski definition) is 4. The molecule has 2 aromatic rings. The van der Waals surface area contributed by atoms with Crippen molar-refractivity contribution in [1.82, 2.24) is 15.1 Å². The maximum atomic E-state index is 13.5. The smallest absolute Gasteiger partial charge is 0.233 e. The quantitative estimate of drug-likeness (QED) is 0.647. The predicted molar refractivity (Wildman–Crippen MR) is 114 cm³/mol. The van der Waals surface area contributed by atoms with Gasteiger partial charge < -0.3 is 9.64 Å². The van der Waals surface area contributed by atoms with Crippen LogP contribution in [0.3, 0.4) is 0 Å². The van der Waals surface area contributed by atoms with Crippen molar-refractivity contribution < 1.29 is 9.13 Å². The van der Waals surface area contributed by atoms with Crippen molar-refractivity contribution in [3.05, 3.63) is 41.2 Å². The molecule has 1 aliphatic carbocycles. The van der Waals surface area contributed by atoms with Crippen molar-refractivity contribution in [2.75, 3.05) is 19.6 Å². The number of likely N-dealkylation sites (tertiary alicyclic amines) is 1. The zero-order valence-electron chi connectivity index (χ0n) is 17.4. The fraction of sp³-hybridized carbons (Fsp3) is 0.565. The molecule has 0 spiro atoms. The summed E-state index contributed by atoms with van der Waals surface area (Å²) in [5.41, 5.74) is 1.47. The van der Waals surface area contributed by atoms with Gasteiger partial charge in [-0.1, -0.05) is 32.4 Å². The third-order valence-corrected chi connectivity index (χ3v) is 6.42. The van der Waals surface area contributed by atoms with Crippen molar-refractivity contribution in [2.45, 2.75) is 46.1 Å². The number of benzene rings is 1. The maximum Gasteiger partial charge on any atom is 0.233 e. The van der Waals surface area contributed by atoms with Gasteiger partial charge in [0.15, 0.2) is 0 Å². The van der Waals surface area contributed by atoms with Gasteiger partial charge in [0.2, 0.25) is 5.88 Å². The highest BCUT2D eigenvalue weighted by molar-refractivity contribution is 6.33. The van der Waals surface area contributed by atoms with Crippen molar-refractivity contribution in [1.29, 1.82) is 0 Å². The SMILES string of the molecule is CC(C)(C)CCN1C[C@H]2CC(Oc3ccc(-c4cc(F)ccc4Cl)nn3)C[C@H]2C1. The molecule has 156 valence electrons. The molecule has 1 saturated heterocycles. The van der Waals surface area contributed by atoms with E-state index in [9.17, 15) is 4.39 Å². The summed E-state index contributed by atoms with van der Waals surface area (Å²) in [6.07, 6.45) is 3.60. The summed E-state index contributed by atoms with van der Waals surface area (Å²) >= 11 is 6.15. The molecule has 2 fully saturated rings. The van der Waals surface area contributed by atoms with E-state index in [0.717, 1.165) is 24.7 Å². The first-order valence-corrected chi connectivity index (χ1v) is 10.8. The molecule has 4 rings (SSSR count). The van der Waals surface area contributed by atoms with Crippen LogP contribution in [0.5, 0.6) is 5.88 Å². The minimum atomic E-state index is -0.347. The Kier molecular flexibility index (Phi) is 5.80. The number of halogens is 2. The van der Waals surface area contributed by atoms with Gasteiger partial charge in [0.25, 0.3) is 0 Å². The van der Waals surface area contributed by atoms with Crippen molar-refractivity contribution in [3.8, 4) is 17.1 Å². The van der Waals surface area contributed by atoms with Crippen LogP contribution in [-0.2, 0) is 0 Å². The summed E-state index contributed by atoms with van der Waals surface area (Å²) in [6.45, 7) is 10.5. The molecule has 1 aliphatic heterocycles. The molecule has 1 saturated carbocycles. The molecule has 4 nitrogen and oxygen atoms in total. The average Bonchev–Trinajstić information content (AvgIpc) is 3.20. The van der Waals surface area contributed by atoms with E-state index in [1.165, 1.54) is 44.3 Å². The molecule has 6 heteroatoms. The van der Waals surface area contributed by atoms with E-state index in [1.54, 1.807) is 12.1 Å². The Morgan fingerprint density at radius 1 is 1.10 bits per heavy atom. The Labute approximate surface area is 177 Å². The molecule has 0 N–H and O–H groups in total. The van der Waals surface area contributed by atoms with Gasteiger partial charge in [0, 0.05) is 24.7 Å². The van der Waals surface area contributed by atoms with Gasteiger partial charge in [-0.2, -0.15) is 0 Å². The first-order valence-electron chi connectivity index (χ1n) is 10.4. The molecule has 2 aliphatic rings. The summed E-state index contributed by atoms with van der Waals surface area (Å²) in [5, 5.41) is 8.83. The number of aromatic nitrogens is 2. The Bertz CT molecular complexity index is 838. The standard InChI is InChI=1S/C23H29ClFN3O/c1-23(2,3)8-9-28-13-15-10-18(11-16(15)14-28)29-22-7-6-21(26-27-22)19-12-17(25)4-5-20(19)24/h4-7,12,15-16,18H,8-11,13-14H2,1-3H3/t15-,16+,18?. The first-order chi connectivity index (χ1) is 13.8. The minimum absolute atomic E-state index is 0.202. The highest BCUT2D eigenvalue weighted by atomic mass is 35.5. The number of ether oxygens (including phenoxy) is 1. The normalized spacial score (nSPS) is 24.7. The molecular weight excluding hydrogens is 389 g/mol. The second-order valence-electron chi connectivity index (χ2n) is 9.68. The second kappa shape index (κ2) is 8.19. The van der Waals surface area contributed by atoms with E-state index in [4.69, 9.17) is 16.3 Å². The van der Waals surface area contributed by atoms with Crippen LogP contribution in [0, 0.1) is 23.1 Å². The molecule has 0 bridgehead atoms. The minimum Gasteiger partial charge on any atom is -0.473 e. The van der Waals surface area contributed by atoms with Crippen molar-refractivity contribution in [3.63, 3.8) is 0 Å². The fourth-order valence-electron chi connectivity index (χ4n) is 4.50. The summed E-state index contributed by atoms with van der Waals surface area (Å²) in [7, 11) is 0. The van der Waals surface area contributed by atoms with Gasteiger partial charge in [0.05, 0.1) is 10.7 Å². The number of fused-ring (bicyclic) bond motifs is 1. The van der Waals surface area contributed by atoms with E-state index >= 15 is 0 Å². The lowest BCUT2D eigenvalue weighted by molar-refractivity contribution is 0.173. The highest BCUT2D eigenvalue weighted by Gasteiger charge is 2.41. The number of nitrogens with zero attached hydrogens (tertiary/aromatic N) is 3. The van der Waals surface area contributed by atoms with Crippen LogP contribution in [0.25, 0.3) is 11.3 Å². The Hall–Kier alpha value is -1.72. The van der Waals surface area contributed by atoms with Gasteiger partial charge in [0.1, 0.15) is 11.9 Å². The number of hydrogen-bond donors (Lipinski definition) is 0. The van der Waals surface area contributed by atoms with Crippen LogP contribution in [0.2, 0.25) is 5.02 Å². The van der Waals surface area contributed by atoms with Gasteiger partial charge in [-0.05, 0) is 67.3 Å². The van der Waals surface area contributed by atoms with E-state index in [2.05, 4.69) is 35.9 Å². The van der Waals surface area contributed by atoms with E-state index in [1.807, 2.05) is 0 Å². The molecule has 2 heterocycles. The molecule has 1 aromatic carbocycles. The van der Waals surface area contributed by atoms with Crippen LogP contribution in [-0.4, -0.2) is 40.8 Å². The molecule has 29 heavy (non-hydrogen) atoms. The predicted octanol–water partition coefficient (Wildman–Crippen LogP) is 5.46. The molecule has 1 unspecified atom stereocenters. The maximum absolute atomic E-state index is 13.5. The highest BCUT2D eigenvalue weighted by Crippen LogP contribution is 2.40. The number of rotatable bonds is 5. The van der Waals surface area contributed by atoms with Crippen LogP contribution in [0.15, 0.2) is 30.3 Å². The van der Waals surface area contributed by atoms with Crippen LogP contribution in [0.4, 0.5) is 4.39 Å². The van der Waals surface area contributed by atoms with Gasteiger partial charge in [-0.3, -0.25) is 0 Å². The van der Waals surface area contributed by atoms with Crippen molar-refractivity contribution in [2.24, 2.45) is 17.3 Å². The summed E-state index contributed by atoms with van der Waals surface area (Å²) in [5.74, 6) is 1.62. The van der Waals surface area contributed by atoms with Gasteiger partial charge >= 0.3 is 0 Å². The van der Waals surface area contributed by atoms with Crippen molar-refractivity contribution >= 4 is 11.6 Å². The Balaban J connectivity index is 1.31. The fourth-order valence-corrected chi connectivity index (χ4v) is 4.72. The third-order valence-electron chi connectivity index (χ3n) is 6.09. The van der Waals surface area contributed by atoms with Crippen LogP contribution >= 0.6 is 11.6 Å². The monoisotopic (exact) mass is 417 g/mol. The lowest BCUT2D eigenvalue weighted by atomic mass is 9.92. The molecular formula is C23H29ClFN3O. The second-order valence-corrected chi connectivity index (χ2v) is 10.1. The van der Waals surface area contributed by atoms with Gasteiger partial charge in [-0.25, -0.2) is 4.39 Å². The van der Waals surface area contributed by atoms with E-state index in [-0.39, 0.29) is 11.9 Å². The lowest BCUT2D eigenvalue weighted by Crippen LogP contribution is -2.28. The summed E-state index contributed by atoms with van der Waals surface area (Å²) in [4.78, 5) is 2.62. The van der Waals surface area contributed by atoms with Crippen LogP contribution < -0.4 is 4.74 Å². The van der Waals surface area contributed by atoms with Crippen LogP contribution in [0.1, 0.15) is 40.0 Å². The first kappa shape index (κ1) is 20.5. The molecule has 0 amide bonds. The van der Waals surface area contributed by atoms with E-state index < -0.39 is 0 Å². The van der Waals surface area contributed by atoms with Gasteiger partial charge in [-0.15, -0.1) is 10.2 Å². The average molecular weight is 418 g/mol. The zero-order valence-corrected chi connectivity index (χ0v) is 18.1. The lowest BCUT2D eigenvalue weighted by Gasteiger charge is -2.24. The van der Waals surface area contributed by atoms with E-state index in [0.29, 0.717) is 27.6 Å². The Morgan fingerprint density at radius 2 is 1.83 bits per heavy atom. The third kappa shape index (κ3) is 5.07. The topological polar surface area (TPSA) is 38.2 Å². The largest absolute Gasteiger partial charge is 0.473 e. The molecule has 0 radical (unpaired) electrons.